The quantitative estimate of drug-likeness (QED) is 0.782. The van der Waals surface area contributed by atoms with Gasteiger partial charge >= 0.3 is 5.97 Å². The summed E-state index contributed by atoms with van der Waals surface area (Å²) >= 11 is 0. The van der Waals surface area contributed by atoms with Gasteiger partial charge in [-0.15, -0.1) is 0 Å². The standard InChI is InChI=1S/C10H12O6S/c1-16-9-3-2-7(6-8(9)10(12)13)17(14,15)5-4-11/h2-3,6,11H,4-5H2,1H3,(H,12,13). The number of carboxylic acids is 1. The summed E-state index contributed by atoms with van der Waals surface area (Å²) in [6, 6.07) is 3.54. The molecule has 0 unspecified atom stereocenters. The molecule has 0 radical (unpaired) electrons. The minimum Gasteiger partial charge on any atom is -0.496 e. The molecule has 0 bridgehead atoms. The van der Waals surface area contributed by atoms with Crippen molar-refractivity contribution in [2.45, 2.75) is 4.90 Å². The summed E-state index contributed by atoms with van der Waals surface area (Å²) in [6.07, 6.45) is 0. The number of methoxy groups -OCH3 is 1. The van der Waals surface area contributed by atoms with Crippen LogP contribution in [0.1, 0.15) is 10.4 Å². The van der Waals surface area contributed by atoms with Crippen molar-refractivity contribution in [1.82, 2.24) is 0 Å². The van der Waals surface area contributed by atoms with E-state index in [0.717, 1.165) is 6.07 Å². The van der Waals surface area contributed by atoms with Crippen LogP contribution in [-0.2, 0) is 9.84 Å². The molecule has 6 nitrogen and oxygen atoms in total. The van der Waals surface area contributed by atoms with Crippen molar-refractivity contribution in [2.24, 2.45) is 0 Å². The number of ether oxygens (including phenoxy) is 1. The summed E-state index contributed by atoms with van der Waals surface area (Å²) in [4.78, 5) is 10.7. The van der Waals surface area contributed by atoms with Crippen LogP contribution in [0.25, 0.3) is 0 Å². The molecule has 1 rings (SSSR count). The number of carbonyl (C=O) groups is 1. The summed E-state index contributed by atoms with van der Waals surface area (Å²) in [7, 11) is -2.36. The lowest BCUT2D eigenvalue weighted by Gasteiger charge is -2.07. The molecule has 0 heterocycles. The topological polar surface area (TPSA) is 101 Å². The van der Waals surface area contributed by atoms with E-state index in [0.29, 0.717) is 0 Å². The number of aliphatic hydroxyl groups excluding tert-OH is 1. The number of sulfone groups is 1. The Hall–Kier alpha value is -1.60. The van der Waals surface area contributed by atoms with Crippen molar-refractivity contribution >= 4 is 15.8 Å². The van der Waals surface area contributed by atoms with Crippen molar-refractivity contribution in [1.29, 1.82) is 0 Å². The molecule has 0 spiro atoms. The zero-order valence-corrected chi connectivity index (χ0v) is 9.90. The molecular weight excluding hydrogens is 248 g/mol. The maximum atomic E-state index is 11.6. The van der Waals surface area contributed by atoms with Crippen molar-refractivity contribution in [3.63, 3.8) is 0 Å². The van der Waals surface area contributed by atoms with Gasteiger partial charge in [-0.1, -0.05) is 0 Å². The van der Waals surface area contributed by atoms with E-state index in [2.05, 4.69) is 0 Å². The Morgan fingerprint density at radius 1 is 1.41 bits per heavy atom. The average molecular weight is 260 g/mol. The number of rotatable bonds is 5. The molecule has 0 saturated heterocycles. The fourth-order valence-electron chi connectivity index (χ4n) is 1.29. The van der Waals surface area contributed by atoms with Crippen LogP contribution in [0.15, 0.2) is 23.1 Å². The smallest absolute Gasteiger partial charge is 0.339 e. The van der Waals surface area contributed by atoms with E-state index in [1.54, 1.807) is 0 Å². The summed E-state index contributed by atoms with van der Waals surface area (Å²) < 4.78 is 28.0. The van der Waals surface area contributed by atoms with Gasteiger partial charge in [-0.05, 0) is 18.2 Å². The number of carboxylic acid groups (broad SMARTS) is 1. The zero-order chi connectivity index (χ0) is 13.1. The van der Waals surface area contributed by atoms with Gasteiger partial charge in [0, 0.05) is 0 Å². The maximum Gasteiger partial charge on any atom is 0.339 e. The lowest BCUT2D eigenvalue weighted by molar-refractivity contribution is 0.0693. The van der Waals surface area contributed by atoms with Gasteiger partial charge in [-0.2, -0.15) is 0 Å². The second-order valence-corrected chi connectivity index (χ2v) is 5.32. The molecule has 2 N–H and O–H groups in total. The molecule has 0 aromatic heterocycles. The average Bonchev–Trinajstić information content (AvgIpc) is 2.28. The Morgan fingerprint density at radius 2 is 2.06 bits per heavy atom. The third-order valence-corrected chi connectivity index (χ3v) is 3.81. The highest BCUT2D eigenvalue weighted by Crippen LogP contribution is 2.23. The van der Waals surface area contributed by atoms with E-state index in [1.807, 2.05) is 0 Å². The lowest BCUT2D eigenvalue weighted by atomic mass is 10.2. The minimum atomic E-state index is -3.66. The molecule has 94 valence electrons. The first-order valence-electron chi connectivity index (χ1n) is 4.67. The maximum absolute atomic E-state index is 11.6. The molecule has 0 fully saturated rings. The molecule has 7 heteroatoms. The van der Waals surface area contributed by atoms with Gasteiger partial charge in [-0.25, -0.2) is 13.2 Å². The van der Waals surface area contributed by atoms with E-state index < -0.39 is 28.2 Å². The van der Waals surface area contributed by atoms with Gasteiger partial charge in [0.15, 0.2) is 9.84 Å². The first-order chi connectivity index (χ1) is 7.92. The lowest BCUT2D eigenvalue weighted by Crippen LogP contribution is -2.11. The summed E-state index contributed by atoms with van der Waals surface area (Å²) in [5.74, 6) is -1.64. The van der Waals surface area contributed by atoms with Crippen LogP contribution < -0.4 is 4.74 Å². The molecule has 0 aliphatic rings. The Kier molecular flexibility index (Phi) is 4.08. The van der Waals surface area contributed by atoms with Crippen LogP contribution in [-0.4, -0.2) is 44.1 Å². The first-order valence-corrected chi connectivity index (χ1v) is 6.32. The number of hydrogen-bond acceptors (Lipinski definition) is 5. The number of aromatic carboxylic acids is 1. The third-order valence-electron chi connectivity index (χ3n) is 2.12. The second kappa shape index (κ2) is 5.15. The van der Waals surface area contributed by atoms with Crippen LogP contribution in [0.4, 0.5) is 0 Å². The van der Waals surface area contributed by atoms with Crippen LogP contribution >= 0.6 is 0 Å². The van der Waals surface area contributed by atoms with E-state index in [9.17, 15) is 13.2 Å². The van der Waals surface area contributed by atoms with Gasteiger partial charge in [0.05, 0.1) is 24.4 Å². The van der Waals surface area contributed by atoms with Crippen LogP contribution in [0.5, 0.6) is 5.75 Å². The minimum absolute atomic E-state index is 0.0837. The monoisotopic (exact) mass is 260 g/mol. The van der Waals surface area contributed by atoms with Crippen LogP contribution in [0, 0.1) is 0 Å². The van der Waals surface area contributed by atoms with Crippen LogP contribution in [0.3, 0.4) is 0 Å². The molecule has 0 amide bonds. The second-order valence-electron chi connectivity index (χ2n) is 3.21. The van der Waals surface area contributed by atoms with Crippen molar-refractivity contribution in [2.75, 3.05) is 19.5 Å². The van der Waals surface area contributed by atoms with E-state index in [1.165, 1.54) is 19.2 Å². The molecule has 0 atom stereocenters. The largest absolute Gasteiger partial charge is 0.496 e. The third kappa shape index (κ3) is 2.95. The molecule has 1 aromatic carbocycles. The van der Waals surface area contributed by atoms with Crippen molar-refractivity contribution < 1.29 is 28.2 Å². The summed E-state index contributed by atoms with van der Waals surface area (Å²) in [5.41, 5.74) is -0.230. The zero-order valence-electron chi connectivity index (χ0n) is 9.08. The molecule has 1 aromatic rings. The van der Waals surface area contributed by atoms with Gasteiger partial charge in [-0.3, -0.25) is 0 Å². The molecule has 0 saturated carbocycles. The highest BCUT2D eigenvalue weighted by atomic mass is 32.2. The van der Waals surface area contributed by atoms with Crippen LogP contribution in [0.2, 0.25) is 0 Å². The SMILES string of the molecule is COc1ccc(S(=O)(=O)CCO)cc1C(=O)O. The summed E-state index contributed by atoms with van der Waals surface area (Å²) in [5, 5.41) is 17.5. The van der Waals surface area contributed by atoms with Crippen molar-refractivity contribution in [3.8, 4) is 5.75 Å². The fourth-order valence-corrected chi connectivity index (χ4v) is 2.33. The molecule has 0 aliphatic heterocycles. The Balaban J connectivity index is 3.31. The highest BCUT2D eigenvalue weighted by molar-refractivity contribution is 7.91. The Bertz CT molecular complexity index is 520. The van der Waals surface area contributed by atoms with Crippen molar-refractivity contribution in [3.05, 3.63) is 23.8 Å². The first kappa shape index (κ1) is 13.5. The van der Waals surface area contributed by atoms with Gasteiger partial charge in [0.1, 0.15) is 11.3 Å². The van der Waals surface area contributed by atoms with Gasteiger partial charge in [0.2, 0.25) is 0 Å². The Morgan fingerprint density at radius 3 is 2.53 bits per heavy atom. The fraction of sp³-hybridized carbons (Fsp3) is 0.300. The van der Waals surface area contributed by atoms with E-state index in [-0.39, 0.29) is 16.2 Å². The molecular formula is C10H12O6S. The van der Waals surface area contributed by atoms with Gasteiger partial charge < -0.3 is 14.9 Å². The van der Waals surface area contributed by atoms with Gasteiger partial charge in [0.25, 0.3) is 0 Å². The predicted molar refractivity (Wildman–Crippen MR) is 59.1 cm³/mol. The number of hydrogen-bond donors (Lipinski definition) is 2. The van der Waals surface area contributed by atoms with E-state index in [4.69, 9.17) is 14.9 Å². The molecule has 17 heavy (non-hydrogen) atoms. The van der Waals surface area contributed by atoms with E-state index >= 15 is 0 Å². The highest BCUT2D eigenvalue weighted by Gasteiger charge is 2.18. The number of benzene rings is 1. The summed E-state index contributed by atoms with van der Waals surface area (Å²) in [6.45, 7) is -0.517. The Labute approximate surface area is 98.4 Å². The predicted octanol–water partition coefficient (Wildman–Crippen LogP) is 0.159. The number of aliphatic hydroxyl groups is 1. The normalized spacial score (nSPS) is 11.2. The molecule has 0 aliphatic carbocycles.